The minimum Gasteiger partial charge on any atom is -1.00 e. The molecule has 3 heteroatoms. The van der Waals surface area contributed by atoms with Crippen molar-refractivity contribution in [3.05, 3.63) is 108 Å². The van der Waals surface area contributed by atoms with Crippen LogP contribution in [0.1, 0.15) is 128 Å². The van der Waals surface area contributed by atoms with Gasteiger partial charge in [-0.2, -0.15) is 0 Å². The number of hydrogen-bond acceptors (Lipinski definition) is 0. The monoisotopic (exact) mass is 732 g/mol. The number of allylic oxidation sites excluding steroid dienone is 4. The molecule has 2 aliphatic carbocycles. The second-order valence-corrected chi connectivity index (χ2v) is 23.0. The van der Waals surface area contributed by atoms with E-state index in [9.17, 15) is 0 Å². The van der Waals surface area contributed by atoms with Gasteiger partial charge in [0.15, 0.2) is 0 Å². The molecule has 0 nitrogen and oxygen atoms in total. The Balaban J connectivity index is 0.00000288. The van der Waals surface area contributed by atoms with Gasteiger partial charge >= 0.3 is 279 Å². The number of aryl methyl sites for hydroxylation is 1. The molecule has 1 atom stereocenters. The second kappa shape index (κ2) is 14.1. The molecular weight excluding hydrogens is 679 g/mol. The standard InChI is InChI=1S/C23H29.C12H19.C8H8.2ClH.Zr/c1-14-9-16-11-17-10-15(2)21(23(6,7)8)13-19(17)18(16)12-20(14)22(3,4)5;1-5-6-10-7-8-11(9-10)12(2,3)4;1-2-8-6-4-3-5-7-8;;;/h9,12-13H,11H2,1-8H3;8-10H,5-6H2,1-4H3;3-7H,1H3;2*1H;/q;;;;;+2/p-2. The number of halogens is 2. The first-order chi connectivity index (χ1) is 20.4. The average Bonchev–Trinajstić information content (AvgIpc) is 3.50. The molecule has 0 bridgehead atoms. The number of rotatable bonds is 5. The zero-order valence-corrected chi connectivity index (χ0v) is 34.7. The van der Waals surface area contributed by atoms with Crippen LogP contribution in [-0.4, -0.2) is 3.21 Å². The van der Waals surface area contributed by atoms with Crippen molar-refractivity contribution < 1.29 is 46.1 Å². The zero-order chi connectivity index (χ0) is 32.4. The summed E-state index contributed by atoms with van der Waals surface area (Å²) >= 11 is -2.66. The molecule has 0 aliphatic heterocycles. The summed E-state index contributed by atoms with van der Waals surface area (Å²) in [5.74, 6) is 0.550. The smallest absolute Gasteiger partial charge is 1.00 e. The third-order valence-electron chi connectivity index (χ3n) is 10.1. The largest absolute Gasteiger partial charge is 1.00 e. The molecule has 3 aromatic rings. The molecule has 2 aliphatic rings. The summed E-state index contributed by atoms with van der Waals surface area (Å²) in [6.45, 7) is 31.2. The summed E-state index contributed by atoms with van der Waals surface area (Å²) in [7, 11) is 0. The molecule has 0 radical (unpaired) electrons. The molecule has 3 aromatic carbocycles. The van der Waals surface area contributed by atoms with E-state index in [1.165, 1.54) is 51.8 Å². The van der Waals surface area contributed by atoms with E-state index in [4.69, 9.17) is 0 Å². The summed E-state index contributed by atoms with van der Waals surface area (Å²) in [4.78, 5) is 0. The fourth-order valence-electron chi connectivity index (χ4n) is 7.82. The van der Waals surface area contributed by atoms with Crippen LogP contribution in [0, 0.1) is 25.2 Å². The van der Waals surface area contributed by atoms with Gasteiger partial charge in [0, 0.05) is 0 Å². The van der Waals surface area contributed by atoms with Gasteiger partial charge in [-0.05, 0) is 0 Å². The summed E-state index contributed by atoms with van der Waals surface area (Å²) in [5.41, 5.74) is 15.5. The van der Waals surface area contributed by atoms with E-state index in [0.29, 0.717) is 5.92 Å². The maximum atomic E-state index is 2.70. The van der Waals surface area contributed by atoms with Crippen LogP contribution >= 0.6 is 0 Å². The molecule has 0 saturated carbocycles. The Morgan fingerprint density at radius 2 is 1.37 bits per heavy atom. The van der Waals surface area contributed by atoms with Crippen LogP contribution in [0.5, 0.6) is 0 Å². The molecule has 0 aromatic heterocycles. The van der Waals surface area contributed by atoms with Gasteiger partial charge in [0.05, 0.1) is 0 Å². The molecule has 246 valence electrons. The van der Waals surface area contributed by atoms with Crippen molar-refractivity contribution in [3.63, 3.8) is 0 Å². The minimum atomic E-state index is -2.66. The number of hydrogen-bond donors (Lipinski definition) is 0. The van der Waals surface area contributed by atoms with Crippen LogP contribution in [0.25, 0.3) is 11.1 Å². The molecular formula is C43H56Cl2Zr. The quantitative estimate of drug-likeness (QED) is 0.263. The Morgan fingerprint density at radius 1 is 0.783 bits per heavy atom. The Kier molecular flexibility index (Phi) is 12.0. The van der Waals surface area contributed by atoms with E-state index in [1.54, 1.807) is 26.5 Å². The summed E-state index contributed by atoms with van der Waals surface area (Å²) in [6, 6.07) is 19.1. The molecule has 0 N–H and O–H groups in total. The van der Waals surface area contributed by atoms with Gasteiger partial charge in [-0.25, -0.2) is 0 Å². The van der Waals surface area contributed by atoms with E-state index in [-0.39, 0.29) is 41.1 Å². The molecule has 0 spiro atoms. The fourth-order valence-corrected chi connectivity index (χ4v) is 16.4. The molecule has 0 heterocycles. The maximum Gasteiger partial charge on any atom is -1.00 e. The third kappa shape index (κ3) is 7.38. The number of benzene rings is 3. The second-order valence-electron chi connectivity index (χ2n) is 16.7. The average molecular weight is 735 g/mol. The van der Waals surface area contributed by atoms with E-state index >= 15 is 0 Å². The van der Waals surface area contributed by atoms with E-state index in [2.05, 4.69) is 151 Å². The molecule has 5 rings (SSSR count). The first-order valence-corrected chi connectivity index (χ1v) is 20.6. The predicted molar refractivity (Wildman–Crippen MR) is 191 cm³/mol. The van der Waals surface area contributed by atoms with Gasteiger partial charge in [0.25, 0.3) is 0 Å². The third-order valence-corrected chi connectivity index (χ3v) is 18.2. The SMILES string of the molecule is CCCC1C=C(C(C)(C)C)C=[C]1/[Zr+2](=[C](\C)c1ccccc1)[c]1c(C)c(C(C)(C)C)cc2c1Cc1cc(C)c(C(C)(C)C)cc1-2.[Cl-].[Cl-]. The van der Waals surface area contributed by atoms with E-state index < -0.39 is 21.3 Å². The predicted octanol–water partition coefficient (Wildman–Crippen LogP) is 5.25. The first-order valence-electron chi connectivity index (χ1n) is 17.0. The molecule has 0 saturated heterocycles. The Morgan fingerprint density at radius 3 is 1.91 bits per heavy atom. The van der Waals surface area contributed by atoms with Gasteiger partial charge in [0.1, 0.15) is 0 Å². The van der Waals surface area contributed by atoms with Crippen LogP contribution in [0.15, 0.2) is 69.5 Å². The van der Waals surface area contributed by atoms with E-state index in [0.717, 1.165) is 6.42 Å². The Bertz CT molecular complexity index is 1700. The minimum absolute atomic E-state index is 0. The van der Waals surface area contributed by atoms with Crippen LogP contribution in [-0.2, 0) is 38.5 Å². The van der Waals surface area contributed by atoms with Gasteiger partial charge in [-0.15, -0.1) is 0 Å². The van der Waals surface area contributed by atoms with Crippen molar-refractivity contribution in [1.29, 1.82) is 0 Å². The Labute approximate surface area is 301 Å². The van der Waals surface area contributed by atoms with Crippen molar-refractivity contribution in [1.82, 2.24) is 0 Å². The van der Waals surface area contributed by atoms with Crippen molar-refractivity contribution in [2.45, 2.75) is 120 Å². The van der Waals surface area contributed by atoms with E-state index in [1.807, 2.05) is 0 Å². The van der Waals surface area contributed by atoms with Crippen LogP contribution in [0.4, 0.5) is 0 Å². The van der Waals surface area contributed by atoms with Gasteiger partial charge < -0.3 is 24.8 Å². The van der Waals surface area contributed by atoms with Crippen molar-refractivity contribution >= 4 is 6.48 Å². The molecule has 46 heavy (non-hydrogen) atoms. The first kappa shape index (κ1) is 38.9. The van der Waals surface area contributed by atoms with Gasteiger partial charge in [0.2, 0.25) is 0 Å². The van der Waals surface area contributed by atoms with Crippen LogP contribution in [0.2, 0.25) is 0 Å². The van der Waals surface area contributed by atoms with Gasteiger partial charge in [-0.1, -0.05) is 0 Å². The molecule has 0 fully saturated rings. The van der Waals surface area contributed by atoms with Crippen molar-refractivity contribution in [2.75, 3.05) is 0 Å². The summed E-state index contributed by atoms with van der Waals surface area (Å²) in [6.07, 6.45) is 8.88. The normalized spacial score (nSPS) is 16.1. The Hall–Kier alpha value is -1.53. The van der Waals surface area contributed by atoms with Crippen LogP contribution in [0.3, 0.4) is 0 Å². The van der Waals surface area contributed by atoms with Crippen molar-refractivity contribution in [3.8, 4) is 11.1 Å². The van der Waals surface area contributed by atoms with Crippen molar-refractivity contribution in [2.24, 2.45) is 11.3 Å². The van der Waals surface area contributed by atoms with Crippen LogP contribution < -0.4 is 28.1 Å². The molecule has 1 unspecified atom stereocenters. The topological polar surface area (TPSA) is 0 Å². The zero-order valence-electron chi connectivity index (χ0n) is 30.7. The fraction of sp³-hybridized carbons (Fsp3) is 0.465. The molecule has 0 amide bonds. The number of fused-ring (bicyclic) bond motifs is 3. The maximum absolute atomic E-state index is 2.70. The summed E-state index contributed by atoms with van der Waals surface area (Å²) in [5, 5.41) is 0. The van der Waals surface area contributed by atoms with Gasteiger partial charge in [-0.3, -0.25) is 0 Å². The summed E-state index contributed by atoms with van der Waals surface area (Å²) < 4.78 is 5.22.